The molecule has 0 aliphatic heterocycles. The van der Waals surface area contributed by atoms with Gasteiger partial charge >= 0.3 is 5.97 Å². The van der Waals surface area contributed by atoms with E-state index in [1.165, 1.54) is 0 Å². The Hall–Kier alpha value is -1.92. The number of imidazole rings is 1. The first-order valence-electron chi connectivity index (χ1n) is 6.80. The molecule has 0 saturated carbocycles. The minimum atomic E-state index is -1.40. The van der Waals surface area contributed by atoms with Gasteiger partial charge in [-0.25, -0.2) is 4.98 Å². The Balaban J connectivity index is 2.33. The summed E-state index contributed by atoms with van der Waals surface area (Å²) in [5.74, 6) is -0.619. The molecule has 0 fully saturated rings. The van der Waals surface area contributed by atoms with Gasteiger partial charge in [-0.2, -0.15) is 0 Å². The Kier molecular flexibility index (Phi) is 4.37. The SMILES string of the molecule is O=C(O)C(c1ccc(Br)cc1)(c1ccc(Br)cc1)c1ncc[nH]1. The lowest BCUT2D eigenvalue weighted by molar-refractivity contribution is -0.140. The van der Waals surface area contributed by atoms with Gasteiger partial charge in [-0.1, -0.05) is 56.1 Å². The highest BCUT2D eigenvalue weighted by molar-refractivity contribution is 9.10. The first-order chi connectivity index (χ1) is 11.0. The van der Waals surface area contributed by atoms with Gasteiger partial charge in [0, 0.05) is 21.3 Å². The molecule has 0 radical (unpaired) electrons. The molecule has 1 aromatic heterocycles. The molecule has 0 unspecified atom stereocenters. The number of nitrogens with one attached hydrogen (secondary N) is 1. The van der Waals surface area contributed by atoms with Crippen LogP contribution in [0.25, 0.3) is 0 Å². The summed E-state index contributed by atoms with van der Waals surface area (Å²) >= 11 is 6.77. The minimum absolute atomic E-state index is 0.370. The van der Waals surface area contributed by atoms with Crippen molar-refractivity contribution in [2.45, 2.75) is 5.41 Å². The van der Waals surface area contributed by atoms with Crippen molar-refractivity contribution in [1.29, 1.82) is 0 Å². The number of carboxylic acid groups (broad SMARTS) is 1. The molecular formula is C17H12Br2N2O2. The molecule has 0 atom stereocenters. The number of aliphatic carboxylic acids is 1. The molecule has 0 aliphatic rings. The maximum Gasteiger partial charge on any atom is 0.326 e. The Labute approximate surface area is 149 Å². The number of nitrogens with zero attached hydrogens (tertiary/aromatic N) is 1. The van der Waals surface area contributed by atoms with Gasteiger partial charge in [0.2, 0.25) is 0 Å². The van der Waals surface area contributed by atoms with Crippen LogP contribution in [0.1, 0.15) is 17.0 Å². The fraction of sp³-hybridized carbons (Fsp3) is 0.0588. The molecule has 23 heavy (non-hydrogen) atoms. The van der Waals surface area contributed by atoms with Crippen LogP contribution in [0.3, 0.4) is 0 Å². The third-order valence-corrected chi connectivity index (χ3v) is 4.79. The summed E-state index contributed by atoms with van der Waals surface area (Å²) in [5.41, 5.74) is -0.138. The molecule has 3 rings (SSSR count). The number of carboxylic acids is 1. The number of rotatable bonds is 4. The first kappa shape index (κ1) is 16.0. The monoisotopic (exact) mass is 434 g/mol. The number of aromatic amines is 1. The van der Waals surface area contributed by atoms with E-state index in [9.17, 15) is 9.90 Å². The van der Waals surface area contributed by atoms with Crippen LogP contribution in [0.2, 0.25) is 0 Å². The summed E-state index contributed by atoms with van der Waals surface area (Å²) < 4.78 is 1.77. The minimum Gasteiger partial charge on any atom is -0.480 e. The van der Waals surface area contributed by atoms with E-state index in [0.717, 1.165) is 8.95 Å². The highest BCUT2D eigenvalue weighted by atomic mass is 79.9. The number of halogens is 2. The van der Waals surface area contributed by atoms with E-state index in [1.54, 1.807) is 36.7 Å². The average Bonchev–Trinajstić information content (AvgIpc) is 3.06. The van der Waals surface area contributed by atoms with Crippen LogP contribution in [0.5, 0.6) is 0 Å². The maximum absolute atomic E-state index is 12.4. The normalized spacial score (nSPS) is 11.4. The molecule has 4 nitrogen and oxygen atoms in total. The van der Waals surface area contributed by atoms with E-state index in [1.807, 2.05) is 24.3 Å². The van der Waals surface area contributed by atoms with E-state index in [-0.39, 0.29) is 0 Å². The highest BCUT2D eigenvalue weighted by Gasteiger charge is 2.46. The zero-order valence-corrected chi connectivity index (χ0v) is 15.0. The maximum atomic E-state index is 12.4. The van der Waals surface area contributed by atoms with Crippen LogP contribution < -0.4 is 0 Å². The summed E-state index contributed by atoms with van der Waals surface area (Å²) in [4.78, 5) is 19.6. The summed E-state index contributed by atoms with van der Waals surface area (Å²) in [5, 5.41) is 10.2. The summed E-state index contributed by atoms with van der Waals surface area (Å²) in [6.45, 7) is 0. The van der Waals surface area contributed by atoms with Crippen LogP contribution in [0.15, 0.2) is 69.9 Å². The molecule has 2 N–H and O–H groups in total. The molecule has 0 bridgehead atoms. The molecule has 116 valence electrons. The van der Waals surface area contributed by atoms with Gasteiger partial charge in [0.05, 0.1) is 0 Å². The standard InChI is InChI=1S/C17H12Br2N2O2/c18-13-5-1-11(2-6-13)17(16(22)23,15-20-9-10-21-15)12-3-7-14(19)8-4-12/h1-10H,(H,20,21)(H,22,23). The second-order valence-electron chi connectivity index (χ2n) is 5.01. The summed E-state index contributed by atoms with van der Waals surface area (Å²) in [6.07, 6.45) is 3.19. The number of carbonyl (C=O) groups is 1. The van der Waals surface area contributed by atoms with Crippen molar-refractivity contribution in [2.24, 2.45) is 0 Å². The topological polar surface area (TPSA) is 66.0 Å². The average molecular weight is 436 g/mol. The summed E-state index contributed by atoms with van der Waals surface area (Å²) in [6, 6.07) is 14.5. The third kappa shape index (κ3) is 2.72. The molecule has 6 heteroatoms. The van der Waals surface area contributed by atoms with Crippen LogP contribution >= 0.6 is 31.9 Å². The highest BCUT2D eigenvalue weighted by Crippen LogP contribution is 2.38. The van der Waals surface area contributed by atoms with E-state index in [2.05, 4.69) is 41.8 Å². The number of benzene rings is 2. The molecule has 1 heterocycles. The van der Waals surface area contributed by atoms with Crippen molar-refractivity contribution < 1.29 is 9.90 Å². The number of hydrogen-bond acceptors (Lipinski definition) is 2. The number of aromatic nitrogens is 2. The Morgan fingerprint density at radius 3 is 1.78 bits per heavy atom. The lowest BCUT2D eigenvalue weighted by Gasteiger charge is -2.29. The Morgan fingerprint density at radius 2 is 1.43 bits per heavy atom. The molecule has 2 aromatic carbocycles. The van der Waals surface area contributed by atoms with Crippen LogP contribution in [-0.2, 0) is 10.2 Å². The van der Waals surface area contributed by atoms with E-state index < -0.39 is 11.4 Å². The lowest BCUT2D eigenvalue weighted by atomic mass is 9.73. The molecule has 0 spiro atoms. The van der Waals surface area contributed by atoms with Crippen LogP contribution in [0, 0.1) is 0 Å². The van der Waals surface area contributed by atoms with Crippen molar-refractivity contribution in [2.75, 3.05) is 0 Å². The third-order valence-electron chi connectivity index (χ3n) is 3.73. The van der Waals surface area contributed by atoms with Gasteiger partial charge < -0.3 is 10.1 Å². The molecule has 0 aliphatic carbocycles. The molecular weight excluding hydrogens is 424 g/mol. The molecule has 0 amide bonds. The molecule has 0 saturated heterocycles. The predicted molar refractivity (Wildman–Crippen MR) is 94.4 cm³/mol. The van der Waals surface area contributed by atoms with Gasteiger partial charge in [-0.3, -0.25) is 4.79 Å². The van der Waals surface area contributed by atoms with Crippen molar-refractivity contribution in [3.63, 3.8) is 0 Å². The lowest BCUT2D eigenvalue weighted by Crippen LogP contribution is -2.39. The zero-order chi connectivity index (χ0) is 16.4. The van der Waals surface area contributed by atoms with Crippen LogP contribution in [0.4, 0.5) is 0 Å². The second-order valence-corrected chi connectivity index (χ2v) is 6.84. The van der Waals surface area contributed by atoms with Crippen LogP contribution in [-0.4, -0.2) is 21.0 Å². The van der Waals surface area contributed by atoms with Gasteiger partial charge in [0.15, 0.2) is 5.41 Å². The van der Waals surface area contributed by atoms with Gasteiger partial charge in [-0.15, -0.1) is 0 Å². The zero-order valence-electron chi connectivity index (χ0n) is 11.8. The summed E-state index contributed by atoms with van der Waals surface area (Å²) in [7, 11) is 0. The fourth-order valence-corrected chi connectivity index (χ4v) is 3.19. The largest absolute Gasteiger partial charge is 0.480 e. The van der Waals surface area contributed by atoms with E-state index in [0.29, 0.717) is 17.0 Å². The fourth-order valence-electron chi connectivity index (χ4n) is 2.66. The smallest absolute Gasteiger partial charge is 0.326 e. The Bertz CT molecular complexity index is 767. The number of hydrogen-bond donors (Lipinski definition) is 2. The van der Waals surface area contributed by atoms with Crippen molar-refractivity contribution >= 4 is 37.8 Å². The van der Waals surface area contributed by atoms with Crippen molar-refractivity contribution in [3.05, 3.63) is 86.8 Å². The Morgan fingerprint density at radius 1 is 0.957 bits per heavy atom. The van der Waals surface area contributed by atoms with Crippen molar-refractivity contribution in [3.8, 4) is 0 Å². The first-order valence-corrected chi connectivity index (χ1v) is 8.39. The second kappa shape index (κ2) is 6.29. The van der Waals surface area contributed by atoms with E-state index >= 15 is 0 Å². The van der Waals surface area contributed by atoms with Gasteiger partial charge in [-0.05, 0) is 35.4 Å². The van der Waals surface area contributed by atoms with E-state index in [4.69, 9.17) is 0 Å². The predicted octanol–water partition coefficient (Wildman–Crippen LogP) is 4.35. The number of H-pyrrole nitrogens is 1. The van der Waals surface area contributed by atoms with Gasteiger partial charge in [0.25, 0.3) is 0 Å². The quantitative estimate of drug-likeness (QED) is 0.640. The molecule has 3 aromatic rings. The van der Waals surface area contributed by atoms with Crippen molar-refractivity contribution in [1.82, 2.24) is 9.97 Å². The van der Waals surface area contributed by atoms with Gasteiger partial charge in [0.1, 0.15) is 5.82 Å².